The highest BCUT2D eigenvalue weighted by Gasteiger charge is 2.33. The molecular weight excluding hydrogens is 277 g/mol. The topological polar surface area (TPSA) is 41.1 Å². The second kappa shape index (κ2) is 5.31. The molecule has 0 fully saturated rings. The molecule has 7 heteroatoms. The molecule has 0 spiro atoms. The first kappa shape index (κ1) is 13.4. The van der Waals surface area contributed by atoms with Gasteiger partial charge < -0.3 is 5.32 Å². The van der Waals surface area contributed by atoms with Crippen LogP contribution < -0.4 is 10.6 Å². The summed E-state index contributed by atoms with van der Waals surface area (Å²) in [5, 5.41) is 6.95. The maximum atomic E-state index is 12.7. The van der Waals surface area contributed by atoms with E-state index in [1.807, 2.05) is 0 Å². The Bertz CT molecular complexity index is 567. The molecule has 0 radical (unpaired) electrons. The fourth-order valence-corrected chi connectivity index (χ4v) is 2.07. The van der Waals surface area contributed by atoms with Crippen LogP contribution in [0.5, 0.6) is 0 Å². The van der Waals surface area contributed by atoms with Crippen LogP contribution in [0.1, 0.15) is 5.56 Å². The lowest BCUT2D eigenvalue weighted by Gasteiger charge is -2.13. The number of halogens is 3. The van der Waals surface area contributed by atoms with Gasteiger partial charge in [0, 0.05) is 0 Å². The van der Waals surface area contributed by atoms with Crippen molar-refractivity contribution in [1.82, 2.24) is 0 Å². The monoisotopic (exact) mass is 286 g/mol. The molecule has 0 aliphatic rings. The van der Waals surface area contributed by atoms with Gasteiger partial charge in [-0.1, -0.05) is 12.1 Å². The van der Waals surface area contributed by atoms with Crippen LogP contribution in [-0.4, -0.2) is 6.03 Å². The van der Waals surface area contributed by atoms with Crippen molar-refractivity contribution in [2.24, 2.45) is 0 Å². The highest BCUT2D eigenvalue weighted by atomic mass is 32.1. The summed E-state index contributed by atoms with van der Waals surface area (Å²) in [6.07, 6.45) is -4.51. The molecule has 0 aliphatic heterocycles. The first-order valence-corrected chi connectivity index (χ1v) is 6.12. The normalized spacial score (nSPS) is 11.1. The summed E-state index contributed by atoms with van der Waals surface area (Å²) in [5.74, 6) is 0. The summed E-state index contributed by atoms with van der Waals surface area (Å²) in [5.41, 5.74) is -1.15. The highest BCUT2D eigenvalue weighted by Crippen LogP contribution is 2.34. The zero-order valence-electron chi connectivity index (χ0n) is 9.49. The van der Waals surface area contributed by atoms with Crippen LogP contribution >= 0.6 is 11.3 Å². The molecule has 0 saturated carbocycles. The van der Waals surface area contributed by atoms with Crippen LogP contribution in [0.25, 0.3) is 0 Å². The van der Waals surface area contributed by atoms with Gasteiger partial charge in [0.1, 0.15) is 0 Å². The molecule has 100 valence electrons. The van der Waals surface area contributed by atoms with Crippen molar-refractivity contribution in [3.05, 3.63) is 47.3 Å². The molecule has 2 rings (SSSR count). The Morgan fingerprint density at radius 2 is 1.79 bits per heavy atom. The van der Waals surface area contributed by atoms with Gasteiger partial charge in [-0.3, -0.25) is 5.32 Å². The third-order valence-corrected chi connectivity index (χ3v) is 3.02. The largest absolute Gasteiger partial charge is 0.418 e. The number of hydrogen-bond donors (Lipinski definition) is 2. The summed E-state index contributed by atoms with van der Waals surface area (Å²) >= 11 is 1.28. The second-order valence-electron chi connectivity index (χ2n) is 3.60. The number of thiophene rings is 1. The Kier molecular flexibility index (Phi) is 3.75. The van der Waals surface area contributed by atoms with Crippen LogP contribution in [0.3, 0.4) is 0 Å². The third-order valence-electron chi connectivity index (χ3n) is 2.24. The molecule has 1 aromatic carbocycles. The molecule has 1 aromatic heterocycles. The number of carbonyl (C=O) groups is 1. The van der Waals surface area contributed by atoms with E-state index in [2.05, 4.69) is 10.6 Å². The predicted octanol–water partition coefficient (Wildman–Crippen LogP) is 4.41. The molecule has 3 nitrogen and oxygen atoms in total. The molecule has 1 heterocycles. The zero-order valence-corrected chi connectivity index (χ0v) is 10.3. The van der Waals surface area contributed by atoms with E-state index in [0.717, 1.165) is 6.07 Å². The number of hydrogen-bond acceptors (Lipinski definition) is 2. The average molecular weight is 286 g/mol. The number of benzene rings is 1. The lowest BCUT2D eigenvalue weighted by Crippen LogP contribution is -2.21. The maximum absolute atomic E-state index is 12.7. The molecular formula is C12H9F3N2OS. The van der Waals surface area contributed by atoms with E-state index in [4.69, 9.17) is 0 Å². The lowest BCUT2D eigenvalue weighted by molar-refractivity contribution is -0.136. The van der Waals surface area contributed by atoms with Crippen molar-refractivity contribution in [3.63, 3.8) is 0 Å². The van der Waals surface area contributed by atoms with Gasteiger partial charge in [-0.2, -0.15) is 13.2 Å². The van der Waals surface area contributed by atoms with E-state index in [0.29, 0.717) is 5.00 Å². The fourth-order valence-electron chi connectivity index (χ4n) is 1.45. The van der Waals surface area contributed by atoms with E-state index >= 15 is 0 Å². The smallest absolute Gasteiger partial charge is 0.307 e. The van der Waals surface area contributed by atoms with E-state index in [9.17, 15) is 18.0 Å². The van der Waals surface area contributed by atoms with Gasteiger partial charge in [0.15, 0.2) is 0 Å². The Morgan fingerprint density at radius 3 is 2.42 bits per heavy atom. The molecule has 2 N–H and O–H groups in total. The number of amides is 2. The van der Waals surface area contributed by atoms with Crippen LogP contribution in [0.2, 0.25) is 0 Å². The van der Waals surface area contributed by atoms with E-state index in [-0.39, 0.29) is 5.69 Å². The standard InChI is InChI=1S/C12H9F3N2OS/c13-12(14,15)8-4-1-2-5-9(8)16-11(18)17-10-6-3-7-19-10/h1-7H,(H2,16,17,18). The van der Waals surface area contributed by atoms with Gasteiger partial charge in [0.25, 0.3) is 0 Å². The predicted molar refractivity (Wildman–Crippen MR) is 68.4 cm³/mol. The van der Waals surface area contributed by atoms with Gasteiger partial charge in [-0.15, -0.1) is 11.3 Å². The molecule has 0 aliphatic carbocycles. The molecule has 0 unspecified atom stereocenters. The fraction of sp³-hybridized carbons (Fsp3) is 0.0833. The number of rotatable bonds is 2. The molecule has 2 aromatic rings. The van der Waals surface area contributed by atoms with Crippen molar-refractivity contribution < 1.29 is 18.0 Å². The maximum Gasteiger partial charge on any atom is 0.418 e. The first-order valence-electron chi connectivity index (χ1n) is 5.24. The highest BCUT2D eigenvalue weighted by molar-refractivity contribution is 7.14. The second-order valence-corrected chi connectivity index (χ2v) is 4.55. The van der Waals surface area contributed by atoms with Crippen molar-refractivity contribution >= 4 is 28.1 Å². The number of anilines is 2. The molecule has 0 saturated heterocycles. The van der Waals surface area contributed by atoms with E-state index in [1.165, 1.54) is 29.5 Å². The molecule has 0 atom stereocenters. The molecule has 19 heavy (non-hydrogen) atoms. The summed E-state index contributed by atoms with van der Waals surface area (Å²) in [7, 11) is 0. The van der Waals surface area contributed by atoms with Crippen LogP contribution in [-0.2, 0) is 6.18 Å². The number of para-hydroxylation sites is 1. The van der Waals surface area contributed by atoms with E-state index < -0.39 is 17.8 Å². The van der Waals surface area contributed by atoms with E-state index in [1.54, 1.807) is 17.5 Å². The lowest BCUT2D eigenvalue weighted by atomic mass is 10.1. The van der Waals surface area contributed by atoms with Crippen molar-refractivity contribution in [1.29, 1.82) is 0 Å². The SMILES string of the molecule is O=C(Nc1cccs1)Nc1ccccc1C(F)(F)F. The number of alkyl halides is 3. The Hall–Kier alpha value is -2.02. The van der Waals surface area contributed by atoms with Crippen molar-refractivity contribution in [2.45, 2.75) is 6.18 Å². The van der Waals surface area contributed by atoms with Crippen LogP contribution in [0, 0.1) is 0 Å². The average Bonchev–Trinajstić information content (AvgIpc) is 2.81. The summed E-state index contributed by atoms with van der Waals surface area (Å²) < 4.78 is 38.1. The summed E-state index contributed by atoms with van der Waals surface area (Å²) in [6, 6.07) is 7.49. The minimum Gasteiger partial charge on any atom is -0.307 e. The van der Waals surface area contributed by atoms with Gasteiger partial charge in [-0.05, 0) is 29.6 Å². The summed E-state index contributed by atoms with van der Waals surface area (Å²) in [4.78, 5) is 11.6. The van der Waals surface area contributed by atoms with Crippen LogP contribution in [0.4, 0.5) is 28.7 Å². The van der Waals surface area contributed by atoms with Gasteiger partial charge >= 0.3 is 12.2 Å². The van der Waals surface area contributed by atoms with Gasteiger partial charge in [-0.25, -0.2) is 4.79 Å². The minimum atomic E-state index is -4.51. The summed E-state index contributed by atoms with van der Waals surface area (Å²) in [6.45, 7) is 0. The minimum absolute atomic E-state index is 0.274. The third kappa shape index (κ3) is 3.47. The zero-order chi connectivity index (χ0) is 13.9. The van der Waals surface area contributed by atoms with Crippen molar-refractivity contribution in [3.8, 4) is 0 Å². The quantitative estimate of drug-likeness (QED) is 0.843. The number of carbonyl (C=O) groups excluding carboxylic acids is 1. The van der Waals surface area contributed by atoms with Crippen molar-refractivity contribution in [2.75, 3.05) is 10.6 Å². The first-order chi connectivity index (χ1) is 8.97. The molecule has 2 amide bonds. The Morgan fingerprint density at radius 1 is 1.05 bits per heavy atom. The van der Waals surface area contributed by atoms with Gasteiger partial charge in [0.2, 0.25) is 0 Å². The van der Waals surface area contributed by atoms with Crippen LogP contribution in [0.15, 0.2) is 41.8 Å². The van der Waals surface area contributed by atoms with Gasteiger partial charge in [0.05, 0.1) is 16.3 Å². The number of nitrogens with one attached hydrogen (secondary N) is 2. The Labute approximate surface area is 111 Å². The molecule has 0 bridgehead atoms. The Balaban J connectivity index is 2.13. The number of urea groups is 1.